The molecule has 0 radical (unpaired) electrons. The lowest BCUT2D eigenvalue weighted by atomic mass is 10.0. The minimum absolute atomic E-state index is 0.0642. The van der Waals surface area contributed by atoms with Gasteiger partial charge in [0.25, 0.3) is 0 Å². The van der Waals surface area contributed by atoms with Crippen LogP contribution in [0.25, 0.3) is 0 Å². The highest BCUT2D eigenvalue weighted by atomic mass is 35.5. The molecule has 1 aromatic carbocycles. The lowest BCUT2D eigenvalue weighted by molar-refractivity contribution is -0.114. The summed E-state index contributed by atoms with van der Waals surface area (Å²) in [6, 6.07) is 9.91. The number of carbonyl (C=O) groups excluding carboxylic acids is 1. The van der Waals surface area contributed by atoms with E-state index in [1.165, 1.54) is 69.1 Å². The number of anilines is 1. The Bertz CT molecular complexity index is 859. The fourth-order valence-electron chi connectivity index (χ4n) is 3.91. The number of aliphatic imine (C=N–C) groups is 1. The SMILES string of the molecule is CCCCCCCCCCCCc1cc2c(s1)NC(=O)CN=C2c1ccccc1Cl. The quantitative estimate of drug-likeness (QED) is 0.335. The second kappa shape index (κ2) is 12.3. The highest BCUT2D eigenvalue weighted by Crippen LogP contribution is 2.34. The number of hydrogen-bond donors (Lipinski definition) is 1. The van der Waals surface area contributed by atoms with Gasteiger partial charge in [-0.05, 0) is 25.0 Å². The van der Waals surface area contributed by atoms with Crippen LogP contribution in [0, 0.1) is 0 Å². The number of unbranched alkanes of at least 4 members (excludes halogenated alkanes) is 9. The molecular formula is C25H33ClN2OS. The molecule has 1 aliphatic rings. The van der Waals surface area contributed by atoms with Gasteiger partial charge in [0.15, 0.2) is 0 Å². The van der Waals surface area contributed by atoms with Gasteiger partial charge in [0, 0.05) is 21.0 Å². The van der Waals surface area contributed by atoms with Crippen LogP contribution in [0.15, 0.2) is 35.3 Å². The second-order valence-corrected chi connectivity index (χ2v) is 9.62. The van der Waals surface area contributed by atoms with Gasteiger partial charge >= 0.3 is 0 Å². The first-order valence-corrected chi connectivity index (χ1v) is 12.6. The molecule has 1 N–H and O–H groups in total. The third kappa shape index (κ3) is 6.68. The molecule has 0 unspecified atom stereocenters. The molecule has 30 heavy (non-hydrogen) atoms. The van der Waals surface area contributed by atoms with Crippen molar-refractivity contribution in [1.29, 1.82) is 0 Å². The summed E-state index contributed by atoms with van der Waals surface area (Å²) in [5, 5.41) is 4.59. The molecule has 0 saturated heterocycles. The zero-order valence-electron chi connectivity index (χ0n) is 18.0. The van der Waals surface area contributed by atoms with Crippen molar-refractivity contribution in [1.82, 2.24) is 0 Å². The largest absolute Gasteiger partial charge is 0.316 e. The first kappa shape index (κ1) is 23.0. The number of carbonyl (C=O) groups is 1. The number of thiophene rings is 1. The van der Waals surface area contributed by atoms with Crippen molar-refractivity contribution in [2.24, 2.45) is 4.99 Å². The summed E-state index contributed by atoms with van der Waals surface area (Å²) in [5.74, 6) is -0.0642. The van der Waals surface area contributed by atoms with E-state index in [0.717, 1.165) is 28.3 Å². The Balaban J connectivity index is 1.52. The maximum atomic E-state index is 12.1. The van der Waals surface area contributed by atoms with E-state index in [4.69, 9.17) is 11.6 Å². The average Bonchev–Trinajstić information content (AvgIpc) is 3.06. The van der Waals surface area contributed by atoms with E-state index >= 15 is 0 Å². The van der Waals surface area contributed by atoms with E-state index in [9.17, 15) is 4.79 Å². The van der Waals surface area contributed by atoms with Crippen molar-refractivity contribution in [2.75, 3.05) is 11.9 Å². The Morgan fingerprint density at radius 1 is 0.967 bits per heavy atom. The fourth-order valence-corrected chi connectivity index (χ4v) is 5.25. The first-order chi connectivity index (χ1) is 14.7. The van der Waals surface area contributed by atoms with Crippen LogP contribution in [0.5, 0.6) is 0 Å². The zero-order valence-corrected chi connectivity index (χ0v) is 19.6. The van der Waals surface area contributed by atoms with Crippen molar-refractivity contribution in [3.8, 4) is 0 Å². The molecule has 1 amide bonds. The second-order valence-electron chi connectivity index (χ2n) is 8.08. The smallest absolute Gasteiger partial charge is 0.246 e. The van der Waals surface area contributed by atoms with Crippen LogP contribution >= 0.6 is 22.9 Å². The van der Waals surface area contributed by atoms with Gasteiger partial charge in [0.05, 0.1) is 5.71 Å². The molecule has 2 heterocycles. The minimum Gasteiger partial charge on any atom is -0.316 e. The van der Waals surface area contributed by atoms with Gasteiger partial charge in [-0.1, -0.05) is 94.5 Å². The van der Waals surface area contributed by atoms with Crippen LogP contribution < -0.4 is 5.32 Å². The van der Waals surface area contributed by atoms with Crippen LogP contribution in [-0.4, -0.2) is 18.2 Å². The van der Waals surface area contributed by atoms with Crippen LogP contribution in [0.3, 0.4) is 0 Å². The zero-order chi connectivity index (χ0) is 21.2. The number of hydrogen-bond acceptors (Lipinski definition) is 3. The molecule has 0 spiro atoms. The molecule has 0 bridgehead atoms. The van der Waals surface area contributed by atoms with E-state index < -0.39 is 0 Å². The van der Waals surface area contributed by atoms with Gasteiger partial charge in [-0.25, -0.2) is 0 Å². The van der Waals surface area contributed by atoms with Crippen LogP contribution in [0.4, 0.5) is 5.00 Å². The number of aryl methyl sites for hydroxylation is 1. The third-order valence-electron chi connectivity index (χ3n) is 5.58. The Hall–Kier alpha value is -1.65. The summed E-state index contributed by atoms with van der Waals surface area (Å²) in [6.45, 7) is 2.40. The summed E-state index contributed by atoms with van der Waals surface area (Å²) in [4.78, 5) is 18.0. The van der Waals surface area contributed by atoms with E-state index in [1.807, 2.05) is 24.3 Å². The molecule has 1 aliphatic heterocycles. The summed E-state index contributed by atoms with van der Waals surface area (Å²) >= 11 is 8.10. The van der Waals surface area contributed by atoms with E-state index in [-0.39, 0.29) is 12.5 Å². The highest BCUT2D eigenvalue weighted by Gasteiger charge is 2.22. The standard InChI is InChI=1S/C25H33ClN2OS/c1-2-3-4-5-6-7-8-9-10-11-14-19-17-21-24(20-15-12-13-16-22(20)26)27-18-23(29)28-25(21)30-19/h12-13,15-17H,2-11,14,18H2,1H3,(H,28,29). The number of halogens is 1. The van der Waals surface area contributed by atoms with Crippen molar-refractivity contribution < 1.29 is 4.79 Å². The molecule has 3 nitrogen and oxygen atoms in total. The topological polar surface area (TPSA) is 41.5 Å². The maximum absolute atomic E-state index is 12.1. The summed E-state index contributed by atoms with van der Waals surface area (Å²) in [7, 11) is 0. The average molecular weight is 445 g/mol. The molecule has 0 saturated carbocycles. The number of fused-ring (bicyclic) bond motifs is 1. The first-order valence-electron chi connectivity index (χ1n) is 11.4. The van der Waals surface area contributed by atoms with Gasteiger partial charge < -0.3 is 5.32 Å². The number of rotatable bonds is 12. The molecule has 5 heteroatoms. The minimum atomic E-state index is -0.0642. The Morgan fingerprint density at radius 2 is 1.63 bits per heavy atom. The third-order valence-corrected chi connectivity index (χ3v) is 7.02. The van der Waals surface area contributed by atoms with Gasteiger partial charge in [-0.3, -0.25) is 9.79 Å². The lowest BCUT2D eigenvalue weighted by Gasteiger charge is -2.07. The summed E-state index contributed by atoms with van der Waals surface area (Å²) in [6.07, 6.45) is 14.5. The Labute approximate surface area is 190 Å². The Kier molecular flexibility index (Phi) is 9.41. The van der Waals surface area contributed by atoms with Crippen molar-refractivity contribution in [3.63, 3.8) is 0 Å². The predicted octanol–water partition coefficient (Wildman–Crippen LogP) is 7.65. The van der Waals surface area contributed by atoms with Gasteiger partial charge in [-0.15, -0.1) is 11.3 Å². The lowest BCUT2D eigenvalue weighted by Crippen LogP contribution is -2.12. The molecule has 2 aromatic rings. The van der Waals surface area contributed by atoms with Gasteiger partial charge in [0.2, 0.25) is 5.91 Å². The molecular weight excluding hydrogens is 412 g/mol. The van der Waals surface area contributed by atoms with Crippen LogP contribution in [0.2, 0.25) is 5.02 Å². The van der Waals surface area contributed by atoms with Crippen molar-refractivity contribution >= 4 is 39.6 Å². The Morgan fingerprint density at radius 3 is 2.33 bits per heavy atom. The monoisotopic (exact) mass is 444 g/mol. The van der Waals surface area contributed by atoms with E-state index in [1.54, 1.807) is 11.3 Å². The maximum Gasteiger partial charge on any atom is 0.246 e. The van der Waals surface area contributed by atoms with Crippen molar-refractivity contribution in [3.05, 3.63) is 51.4 Å². The number of amides is 1. The number of nitrogens with one attached hydrogen (secondary N) is 1. The fraction of sp³-hybridized carbons (Fsp3) is 0.520. The van der Waals surface area contributed by atoms with Crippen LogP contribution in [-0.2, 0) is 11.2 Å². The number of nitrogens with zero attached hydrogens (tertiary/aromatic N) is 1. The van der Waals surface area contributed by atoms with Crippen molar-refractivity contribution in [2.45, 2.75) is 77.6 Å². The molecule has 0 aliphatic carbocycles. The summed E-state index contributed by atoms with van der Waals surface area (Å²) in [5.41, 5.74) is 2.71. The molecule has 1 aromatic heterocycles. The molecule has 0 atom stereocenters. The van der Waals surface area contributed by atoms with E-state index in [0.29, 0.717) is 5.02 Å². The molecule has 162 valence electrons. The normalized spacial score (nSPS) is 13.5. The predicted molar refractivity (Wildman–Crippen MR) is 130 cm³/mol. The van der Waals surface area contributed by atoms with Crippen LogP contribution in [0.1, 0.15) is 87.1 Å². The molecule has 0 fully saturated rings. The highest BCUT2D eigenvalue weighted by molar-refractivity contribution is 7.16. The van der Waals surface area contributed by atoms with Gasteiger partial charge in [-0.2, -0.15) is 0 Å². The van der Waals surface area contributed by atoms with Gasteiger partial charge in [0.1, 0.15) is 11.5 Å². The van der Waals surface area contributed by atoms with E-state index in [2.05, 4.69) is 23.3 Å². The molecule has 3 rings (SSSR count). The number of benzene rings is 1. The summed E-state index contributed by atoms with van der Waals surface area (Å²) < 4.78 is 0.